The van der Waals surface area contributed by atoms with Crippen molar-refractivity contribution in [2.45, 2.75) is 0 Å². The van der Waals surface area contributed by atoms with Gasteiger partial charge in [-0.25, -0.2) is 0 Å². The average molecular weight is 255 g/mol. The third kappa shape index (κ3) is 2.10. The van der Waals surface area contributed by atoms with Crippen molar-refractivity contribution in [3.05, 3.63) is 51.8 Å². The van der Waals surface area contributed by atoms with Crippen LogP contribution < -0.4 is 0 Å². The van der Waals surface area contributed by atoms with E-state index >= 15 is 0 Å². The van der Waals surface area contributed by atoms with Crippen LogP contribution in [0.25, 0.3) is 0 Å². The van der Waals surface area contributed by atoms with Gasteiger partial charge >= 0.3 is 0 Å². The van der Waals surface area contributed by atoms with Gasteiger partial charge in [0.2, 0.25) is 5.78 Å². The number of hydrogen-bond donors (Lipinski definition) is 0. The molecule has 0 aliphatic rings. The molecule has 0 unspecified atom stereocenters. The van der Waals surface area contributed by atoms with Crippen molar-refractivity contribution in [2.75, 3.05) is 0 Å². The van der Waals surface area contributed by atoms with Gasteiger partial charge in [0.1, 0.15) is 5.69 Å². The van der Waals surface area contributed by atoms with E-state index in [4.69, 9.17) is 23.2 Å². The smallest absolute Gasteiger partial charge is 0.213 e. The van der Waals surface area contributed by atoms with Crippen LogP contribution in [0, 0.1) is 0 Å². The van der Waals surface area contributed by atoms with E-state index < -0.39 is 0 Å². The number of aryl methyl sites for hydroxylation is 1. The molecule has 5 heteroatoms. The van der Waals surface area contributed by atoms with E-state index in [1.54, 1.807) is 42.2 Å². The second kappa shape index (κ2) is 4.28. The molecule has 1 aromatic carbocycles. The summed E-state index contributed by atoms with van der Waals surface area (Å²) in [5.41, 5.74) is 0.869. The molecule has 2 rings (SSSR count). The van der Waals surface area contributed by atoms with Gasteiger partial charge in [-0.1, -0.05) is 23.2 Å². The highest BCUT2D eigenvalue weighted by Gasteiger charge is 2.12. The maximum absolute atomic E-state index is 11.9. The van der Waals surface area contributed by atoms with E-state index in [-0.39, 0.29) is 5.78 Å². The highest BCUT2D eigenvalue weighted by molar-refractivity contribution is 6.42. The molecule has 0 amide bonds. The van der Waals surface area contributed by atoms with Crippen LogP contribution in [0.5, 0.6) is 0 Å². The molecule has 0 N–H and O–H groups in total. The van der Waals surface area contributed by atoms with Crippen LogP contribution >= 0.6 is 23.2 Å². The van der Waals surface area contributed by atoms with Gasteiger partial charge in [-0.3, -0.25) is 9.48 Å². The first kappa shape index (κ1) is 11.2. The molecule has 16 heavy (non-hydrogen) atoms. The molecular formula is C11H8Cl2N2O. The van der Waals surface area contributed by atoms with E-state index in [1.807, 2.05) is 0 Å². The number of ketones is 1. The van der Waals surface area contributed by atoms with Crippen LogP contribution in [0.15, 0.2) is 30.5 Å². The summed E-state index contributed by atoms with van der Waals surface area (Å²) in [7, 11) is 1.76. The minimum Gasteiger partial charge on any atom is -0.287 e. The summed E-state index contributed by atoms with van der Waals surface area (Å²) in [6.45, 7) is 0. The van der Waals surface area contributed by atoms with Crippen LogP contribution in [-0.4, -0.2) is 15.6 Å². The third-order valence-corrected chi connectivity index (χ3v) is 2.87. The number of aromatic nitrogens is 2. The molecule has 82 valence electrons. The van der Waals surface area contributed by atoms with Crippen molar-refractivity contribution in [3.8, 4) is 0 Å². The number of halogens is 2. The Kier molecular flexibility index (Phi) is 2.99. The average Bonchev–Trinajstić information content (AvgIpc) is 2.68. The monoisotopic (exact) mass is 254 g/mol. The maximum atomic E-state index is 11.9. The quantitative estimate of drug-likeness (QED) is 0.773. The highest BCUT2D eigenvalue weighted by atomic mass is 35.5. The van der Waals surface area contributed by atoms with Gasteiger partial charge in [0.25, 0.3) is 0 Å². The second-order valence-corrected chi connectivity index (χ2v) is 4.15. The number of carbonyl (C=O) groups excluding carboxylic acids is 1. The summed E-state index contributed by atoms with van der Waals surface area (Å²) >= 11 is 11.6. The normalized spacial score (nSPS) is 10.4. The second-order valence-electron chi connectivity index (χ2n) is 3.33. The lowest BCUT2D eigenvalue weighted by atomic mass is 10.1. The van der Waals surface area contributed by atoms with E-state index in [1.165, 1.54) is 0 Å². The summed E-state index contributed by atoms with van der Waals surface area (Å²) in [4.78, 5) is 11.9. The van der Waals surface area contributed by atoms with Crippen LogP contribution in [0.4, 0.5) is 0 Å². The Hall–Kier alpha value is -1.32. The first-order valence-electron chi connectivity index (χ1n) is 4.57. The van der Waals surface area contributed by atoms with E-state index in [0.29, 0.717) is 21.3 Å². The predicted octanol–water partition coefficient (Wildman–Crippen LogP) is 2.96. The zero-order chi connectivity index (χ0) is 11.7. The van der Waals surface area contributed by atoms with Crippen LogP contribution in [0.1, 0.15) is 16.1 Å². The molecule has 0 radical (unpaired) electrons. The zero-order valence-corrected chi connectivity index (χ0v) is 9.96. The lowest BCUT2D eigenvalue weighted by molar-refractivity contribution is 0.103. The fourth-order valence-corrected chi connectivity index (χ4v) is 1.62. The SMILES string of the molecule is Cn1ccc(C(=O)c2ccc(Cl)c(Cl)c2)n1. The summed E-state index contributed by atoms with van der Waals surface area (Å²) < 4.78 is 1.57. The third-order valence-electron chi connectivity index (χ3n) is 2.13. The van der Waals surface area contributed by atoms with Crippen molar-refractivity contribution in [3.63, 3.8) is 0 Å². The Morgan fingerprint density at radius 1 is 1.25 bits per heavy atom. The van der Waals surface area contributed by atoms with Gasteiger partial charge in [-0.2, -0.15) is 5.10 Å². The Labute approximate surface area is 103 Å². The van der Waals surface area contributed by atoms with Crippen molar-refractivity contribution in [1.29, 1.82) is 0 Å². The Morgan fingerprint density at radius 2 is 2.00 bits per heavy atom. The van der Waals surface area contributed by atoms with Gasteiger partial charge in [0.15, 0.2) is 0 Å². The largest absolute Gasteiger partial charge is 0.287 e. The van der Waals surface area contributed by atoms with Gasteiger partial charge in [0, 0.05) is 18.8 Å². The summed E-state index contributed by atoms with van der Waals surface area (Å²) in [6.07, 6.45) is 1.71. The summed E-state index contributed by atoms with van der Waals surface area (Å²) in [5, 5.41) is 4.82. The highest BCUT2D eigenvalue weighted by Crippen LogP contribution is 2.23. The van der Waals surface area contributed by atoms with E-state index in [2.05, 4.69) is 5.10 Å². The molecule has 0 saturated heterocycles. The number of nitrogens with zero attached hydrogens (tertiary/aromatic N) is 2. The maximum Gasteiger partial charge on any atom is 0.213 e. The Balaban J connectivity index is 2.38. The molecule has 0 saturated carbocycles. The van der Waals surface area contributed by atoms with Crippen LogP contribution in [-0.2, 0) is 7.05 Å². The van der Waals surface area contributed by atoms with Crippen LogP contribution in [0.3, 0.4) is 0 Å². The molecule has 2 aromatic rings. The molecule has 0 spiro atoms. The van der Waals surface area contributed by atoms with Gasteiger partial charge in [-0.15, -0.1) is 0 Å². The van der Waals surface area contributed by atoms with E-state index in [0.717, 1.165) is 0 Å². The molecule has 1 heterocycles. The predicted molar refractivity (Wildman–Crippen MR) is 63.1 cm³/mol. The Morgan fingerprint density at radius 3 is 2.56 bits per heavy atom. The topological polar surface area (TPSA) is 34.9 Å². The van der Waals surface area contributed by atoms with Crippen molar-refractivity contribution in [2.24, 2.45) is 7.05 Å². The zero-order valence-electron chi connectivity index (χ0n) is 8.45. The standard InChI is InChI=1S/C11H8Cl2N2O/c1-15-5-4-10(14-15)11(16)7-2-3-8(12)9(13)6-7/h2-6H,1H3. The molecule has 1 aromatic heterocycles. The van der Waals surface area contributed by atoms with E-state index in [9.17, 15) is 4.79 Å². The summed E-state index contributed by atoms with van der Waals surface area (Å²) in [5.74, 6) is -0.167. The molecular weight excluding hydrogens is 247 g/mol. The van der Waals surface area contributed by atoms with Crippen molar-refractivity contribution >= 4 is 29.0 Å². The molecule has 0 atom stereocenters. The number of carbonyl (C=O) groups is 1. The molecule has 0 aliphatic carbocycles. The minimum atomic E-state index is -0.167. The summed E-state index contributed by atoms with van der Waals surface area (Å²) in [6, 6.07) is 6.43. The first-order chi connectivity index (χ1) is 7.58. The fourth-order valence-electron chi connectivity index (χ4n) is 1.32. The first-order valence-corrected chi connectivity index (χ1v) is 5.33. The number of rotatable bonds is 2. The Bertz CT molecular complexity index is 549. The number of benzene rings is 1. The van der Waals surface area contributed by atoms with Crippen LogP contribution in [0.2, 0.25) is 10.0 Å². The molecule has 0 fully saturated rings. The van der Waals surface area contributed by atoms with Crippen molar-refractivity contribution < 1.29 is 4.79 Å². The minimum absolute atomic E-state index is 0.167. The lowest BCUT2D eigenvalue weighted by Gasteiger charge is -2.00. The van der Waals surface area contributed by atoms with Gasteiger partial charge in [-0.05, 0) is 24.3 Å². The molecule has 0 bridgehead atoms. The number of hydrogen-bond acceptors (Lipinski definition) is 2. The van der Waals surface area contributed by atoms with Crippen molar-refractivity contribution in [1.82, 2.24) is 9.78 Å². The van der Waals surface area contributed by atoms with Gasteiger partial charge in [0.05, 0.1) is 10.0 Å². The molecule has 0 aliphatic heterocycles. The molecule has 3 nitrogen and oxygen atoms in total. The van der Waals surface area contributed by atoms with Gasteiger partial charge < -0.3 is 0 Å². The lowest BCUT2D eigenvalue weighted by Crippen LogP contribution is -2.03. The fraction of sp³-hybridized carbons (Fsp3) is 0.0909.